The lowest BCUT2D eigenvalue weighted by Crippen LogP contribution is -2.13. The number of hydrogen-bond acceptors (Lipinski definition) is 4. The summed E-state index contributed by atoms with van der Waals surface area (Å²) in [5.41, 5.74) is 2.62. The van der Waals surface area contributed by atoms with Gasteiger partial charge in [0.05, 0.1) is 10.7 Å². The van der Waals surface area contributed by atoms with E-state index in [1.807, 2.05) is 16.8 Å². The van der Waals surface area contributed by atoms with E-state index in [0.29, 0.717) is 26.7 Å². The largest absolute Gasteiger partial charge is 0.384 e. The minimum atomic E-state index is -0.993. The van der Waals surface area contributed by atoms with Gasteiger partial charge in [0.25, 0.3) is 0 Å². The highest BCUT2D eigenvalue weighted by molar-refractivity contribution is 7.08. The molecule has 0 aliphatic carbocycles. The number of rotatable bonds is 5. The van der Waals surface area contributed by atoms with Crippen LogP contribution in [0.4, 0.5) is 0 Å². The van der Waals surface area contributed by atoms with Crippen LogP contribution in [0.2, 0.25) is 10.0 Å². The summed E-state index contributed by atoms with van der Waals surface area (Å²) >= 11 is 13.8. The molecule has 2 N–H and O–H groups in total. The molecule has 0 amide bonds. The van der Waals surface area contributed by atoms with Gasteiger partial charge in [0.1, 0.15) is 6.10 Å². The van der Waals surface area contributed by atoms with Gasteiger partial charge in [-0.15, -0.1) is 0 Å². The number of aromatic nitrogens is 1. The van der Waals surface area contributed by atoms with E-state index in [1.54, 1.807) is 60.1 Å². The Morgan fingerprint density at radius 1 is 1.24 bits per heavy atom. The highest BCUT2D eigenvalue weighted by Gasteiger charge is 2.21. The summed E-state index contributed by atoms with van der Waals surface area (Å²) in [5.74, 6) is 0. The van der Waals surface area contributed by atoms with Crippen molar-refractivity contribution in [2.75, 3.05) is 0 Å². The van der Waals surface area contributed by atoms with Crippen LogP contribution in [0.1, 0.15) is 22.8 Å². The van der Waals surface area contributed by atoms with Crippen molar-refractivity contribution in [3.8, 4) is 0 Å². The van der Waals surface area contributed by atoms with Crippen molar-refractivity contribution in [2.24, 2.45) is 0 Å². The molecule has 0 fully saturated rings. The number of nitrogens with one attached hydrogen (secondary N) is 1. The maximum absolute atomic E-state index is 10.8. The Morgan fingerprint density at radius 3 is 2.72 bits per heavy atom. The Kier molecular flexibility index (Phi) is 5.66. The van der Waals surface area contributed by atoms with E-state index >= 15 is 0 Å². The SMILES string of the molecule is N=C(C(=Cc1ccsc1)C(O)c1cccnc1)c1ccc(Cl)cc1Cl. The third-order valence-corrected chi connectivity index (χ3v) is 4.90. The van der Waals surface area contributed by atoms with Gasteiger partial charge in [-0.2, -0.15) is 11.3 Å². The van der Waals surface area contributed by atoms with Crippen molar-refractivity contribution in [3.63, 3.8) is 0 Å². The maximum atomic E-state index is 10.8. The van der Waals surface area contributed by atoms with Crippen molar-refractivity contribution in [1.29, 1.82) is 5.41 Å². The molecule has 0 radical (unpaired) electrons. The normalized spacial score (nSPS) is 12.8. The predicted molar refractivity (Wildman–Crippen MR) is 105 cm³/mol. The van der Waals surface area contributed by atoms with Crippen LogP contribution in [0.3, 0.4) is 0 Å². The van der Waals surface area contributed by atoms with Crippen LogP contribution in [0.25, 0.3) is 6.08 Å². The first-order valence-corrected chi connectivity index (χ1v) is 9.12. The first-order valence-electron chi connectivity index (χ1n) is 7.42. The molecule has 1 unspecified atom stereocenters. The topological polar surface area (TPSA) is 57.0 Å². The van der Waals surface area contributed by atoms with Crippen LogP contribution in [0.15, 0.2) is 65.1 Å². The summed E-state index contributed by atoms with van der Waals surface area (Å²) in [6.07, 6.45) is 4.03. The standard InChI is InChI=1S/C19H14Cl2N2OS/c20-14-3-4-15(17(21)9-14)18(22)16(8-12-5-7-25-11-12)19(24)13-2-1-6-23-10-13/h1-11,19,22,24H. The van der Waals surface area contributed by atoms with E-state index in [1.165, 1.54) is 0 Å². The van der Waals surface area contributed by atoms with E-state index in [-0.39, 0.29) is 5.71 Å². The van der Waals surface area contributed by atoms with Gasteiger partial charge in [-0.1, -0.05) is 29.3 Å². The minimum Gasteiger partial charge on any atom is -0.384 e. The Labute approximate surface area is 159 Å². The second kappa shape index (κ2) is 7.93. The molecule has 3 aromatic rings. The molecular formula is C19H14Cl2N2OS. The molecule has 6 heteroatoms. The molecule has 0 saturated heterocycles. The molecule has 2 aromatic heterocycles. The van der Waals surface area contributed by atoms with E-state index in [0.717, 1.165) is 5.56 Å². The van der Waals surface area contributed by atoms with Gasteiger partial charge < -0.3 is 5.11 Å². The van der Waals surface area contributed by atoms with Gasteiger partial charge in [0.2, 0.25) is 0 Å². The van der Waals surface area contributed by atoms with Crippen molar-refractivity contribution in [1.82, 2.24) is 4.98 Å². The summed E-state index contributed by atoms with van der Waals surface area (Å²) in [6.45, 7) is 0. The molecule has 2 heterocycles. The molecule has 3 rings (SSSR count). The van der Waals surface area contributed by atoms with E-state index in [4.69, 9.17) is 28.6 Å². The summed E-state index contributed by atoms with van der Waals surface area (Å²) in [5, 5.41) is 24.2. The zero-order chi connectivity index (χ0) is 17.8. The molecule has 1 atom stereocenters. The second-order valence-corrected chi connectivity index (χ2v) is 6.97. The fourth-order valence-electron chi connectivity index (χ4n) is 2.39. The Hall–Kier alpha value is -1.98. The molecule has 126 valence electrons. The quantitative estimate of drug-likeness (QED) is 0.555. The average Bonchev–Trinajstić information content (AvgIpc) is 3.12. The van der Waals surface area contributed by atoms with Crippen LogP contribution in [0.5, 0.6) is 0 Å². The van der Waals surface area contributed by atoms with Crippen LogP contribution in [0, 0.1) is 5.41 Å². The highest BCUT2D eigenvalue weighted by atomic mass is 35.5. The lowest BCUT2D eigenvalue weighted by atomic mass is 9.93. The predicted octanol–water partition coefficient (Wildman–Crippen LogP) is 5.63. The van der Waals surface area contributed by atoms with Crippen LogP contribution in [-0.4, -0.2) is 15.8 Å². The number of aliphatic hydroxyl groups excluding tert-OH is 1. The Bertz CT molecular complexity index is 908. The van der Waals surface area contributed by atoms with Gasteiger partial charge in [-0.05, 0) is 52.7 Å². The number of halogens is 2. The number of aliphatic hydroxyl groups is 1. The van der Waals surface area contributed by atoms with Crippen LogP contribution >= 0.6 is 34.5 Å². The van der Waals surface area contributed by atoms with Gasteiger partial charge in [-0.3, -0.25) is 10.4 Å². The molecule has 0 bridgehead atoms. The summed E-state index contributed by atoms with van der Waals surface area (Å²) < 4.78 is 0. The number of nitrogens with zero attached hydrogens (tertiary/aromatic N) is 1. The zero-order valence-electron chi connectivity index (χ0n) is 13.0. The second-order valence-electron chi connectivity index (χ2n) is 5.34. The molecule has 0 aliphatic rings. The Balaban J connectivity index is 2.06. The summed E-state index contributed by atoms with van der Waals surface area (Å²) in [6, 6.07) is 10.4. The van der Waals surface area contributed by atoms with Gasteiger partial charge in [0.15, 0.2) is 0 Å². The zero-order valence-corrected chi connectivity index (χ0v) is 15.3. The van der Waals surface area contributed by atoms with Crippen molar-refractivity contribution in [2.45, 2.75) is 6.10 Å². The molecule has 1 aromatic carbocycles. The molecule has 0 saturated carbocycles. The molecule has 3 nitrogen and oxygen atoms in total. The lowest BCUT2D eigenvalue weighted by Gasteiger charge is -2.17. The fraction of sp³-hybridized carbons (Fsp3) is 0.0526. The summed E-state index contributed by atoms with van der Waals surface area (Å²) in [4.78, 5) is 4.05. The summed E-state index contributed by atoms with van der Waals surface area (Å²) in [7, 11) is 0. The molecule has 0 spiro atoms. The maximum Gasteiger partial charge on any atom is 0.108 e. The van der Waals surface area contributed by atoms with Crippen molar-refractivity contribution >= 4 is 46.3 Å². The average molecular weight is 389 g/mol. The number of pyridine rings is 1. The Morgan fingerprint density at radius 2 is 2.08 bits per heavy atom. The third kappa shape index (κ3) is 4.17. The molecule has 0 aliphatic heterocycles. The van der Waals surface area contributed by atoms with Crippen molar-refractivity contribution in [3.05, 3.63) is 91.9 Å². The van der Waals surface area contributed by atoms with Crippen LogP contribution < -0.4 is 0 Å². The fourth-order valence-corrected chi connectivity index (χ4v) is 3.51. The first kappa shape index (κ1) is 17.8. The molecular weight excluding hydrogens is 375 g/mol. The minimum absolute atomic E-state index is 0.143. The van der Waals surface area contributed by atoms with Gasteiger partial charge in [-0.25, -0.2) is 0 Å². The van der Waals surface area contributed by atoms with Gasteiger partial charge >= 0.3 is 0 Å². The number of hydrogen-bond donors (Lipinski definition) is 2. The van der Waals surface area contributed by atoms with Gasteiger partial charge in [0, 0.05) is 34.1 Å². The number of thiophene rings is 1. The smallest absolute Gasteiger partial charge is 0.108 e. The van der Waals surface area contributed by atoms with E-state index < -0.39 is 6.10 Å². The first-order chi connectivity index (χ1) is 12.1. The lowest BCUT2D eigenvalue weighted by molar-refractivity contribution is 0.222. The van der Waals surface area contributed by atoms with E-state index in [9.17, 15) is 5.11 Å². The van der Waals surface area contributed by atoms with Crippen LogP contribution in [-0.2, 0) is 0 Å². The number of benzene rings is 1. The van der Waals surface area contributed by atoms with Crippen molar-refractivity contribution < 1.29 is 5.11 Å². The third-order valence-electron chi connectivity index (χ3n) is 3.65. The molecule has 25 heavy (non-hydrogen) atoms. The van der Waals surface area contributed by atoms with E-state index in [2.05, 4.69) is 4.98 Å². The monoisotopic (exact) mass is 388 g/mol. The highest BCUT2D eigenvalue weighted by Crippen LogP contribution is 2.30.